The molecular weight excluding hydrogens is 224 g/mol. The van der Waals surface area contributed by atoms with Gasteiger partial charge in [0, 0.05) is 17.6 Å². The van der Waals surface area contributed by atoms with E-state index in [1.54, 1.807) is 7.11 Å². The fourth-order valence-electron chi connectivity index (χ4n) is 2.48. The van der Waals surface area contributed by atoms with Gasteiger partial charge in [0.15, 0.2) is 0 Å². The molecule has 0 saturated carbocycles. The van der Waals surface area contributed by atoms with Crippen LogP contribution in [0.15, 0.2) is 12.1 Å². The molecule has 1 aromatic rings. The summed E-state index contributed by atoms with van der Waals surface area (Å²) < 4.78 is 5.58. The Morgan fingerprint density at radius 2 is 1.89 bits per heavy atom. The third-order valence-corrected chi connectivity index (χ3v) is 3.23. The highest BCUT2D eigenvalue weighted by atomic mass is 16.5. The number of methoxy groups -OCH3 is 1. The summed E-state index contributed by atoms with van der Waals surface area (Å²) in [7, 11) is 5.91. The number of ether oxygens (including phenoxy) is 1. The first-order chi connectivity index (χ1) is 8.36. The largest absolute Gasteiger partial charge is 0.496 e. The molecule has 0 radical (unpaired) electrons. The summed E-state index contributed by atoms with van der Waals surface area (Å²) in [6.07, 6.45) is 0.923. The molecule has 3 heteroatoms. The zero-order valence-electron chi connectivity index (χ0n) is 12.4. The van der Waals surface area contributed by atoms with Crippen molar-refractivity contribution < 1.29 is 4.74 Å². The lowest BCUT2D eigenvalue weighted by Gasteiger charge is -2.28. The van der Waals surface area contributed by atoms with Gasteiger partial charge in [-0.25, -0.2) is 0 Å². The molecule has 2 unspecified atom stereocenters. The Morgan fingerprint density at radius 3 is 2.33 bits per heavy atom. The minimum absolute atomic E-state index is 0.169. The molecule has 0 aliphatic carbocycles. The molecule has 0 aliphatic rings. The van der Waals surface area contributed by atoms with Gasteiger partial charge in [0.1, 0.15) is 5.75 Å². The summed E-state index contributed by atoms with van der Waals surface area (Å²) >= 11 is 0. The van der Waals surface area contributed by atoms with Crippen LogP contribution in [-0.4, -0.2) is 32.1 Å². The molecule has 2 atom stereocenters. The molecule has 0 aliphatic heterocycles. The van der Waals surface area contributed by atoms with Crippen molar-refractivity contribution in [2.24, 2.45) is 5.73 Å². The smallest absolute Gasteiger partial charge is 0.126 e. The van der Waals surface area contributed by atoms with E-state index >= 15 is 0 Å². The Morgan fingerprint density at radius 1 is 1.28 bits per heavy atom. The Labute approximate surface area is 111 Å². The van der Waals surface area contributed by atoms with E-state index < -0.39 is 0 Å². The van der Waals surface area contributed by atoms with Crippen LogP contribution in [0.3, 0.4) is 0 Å². The Balaban J connectivity index is 3.25. The summed E-state index contributed by atoms with van der Waals surface area (Å²) in [5.74, 6) is 0.986. The second kappa shape index (κ2) is 6.21. The summed E-state index contributed by atoms with van der Waals surface area (Å²) in [5.41, 5.74) is 9.65. The zero-order chi connectivity index (χ0) is 13.9. The van der Waals surface area contributed by atoms with Crippen molar-refractivity contribution >= 4 is 0 Å². The molecule has 1 rings (SSSR count). The maximum atomic E-state index is 5.97. The maximum absolute atomic E-state index is 5.97. The molecule has 0 amide bonds. The van der Waals surface area contributed by atoms with Gasteiger partial charge in [0.2, 0.25) is 0 Å². The molecule has 0 fully saturated rings. The molecule has 2 N–H and O–H groups in total. The maximum Gasteiger partial charge on any atom is 0.126 e. The SMILES string of the molecule is COc1c(C)cc(C)cc1C(CC(C)N)N(C)C. The van der Waals surface area contributed by atoms with Gasteiger partial charge in [-0.1, -0.05) is 17.7 Å². The van der Waals surface area contributed by atoms with Crippen LogP contribution < -0.4 is 10.5 Å². The minimum Gasteiger partial charge on any atom is -0.496 e. The number of nitrogens with zero attached hydrogens (tertiary/aromatic N) is 1. The molecule has 0 aromatic heterocycles. The average Bonchev–Trinajstić information content (AvgIpc) is 2.24. The van der Waals surface area contributed by atoms with Crippen molar-refractivity contribution in [3.63, 3.8) is 0 Å². The average molecular weight is 250 g/mol. The molecule has 0 saturated heterocycles. The predicted molar refractivity (Wildman–Crippen MR) is 77.2 cm³/mol. The van der Waals surface area contributed by atoms with Gasteiger partial charge in [0.25, 0.3) is 0 Å². The second-order valence-corrected chi connectivity index (χ2v) is 5.40. The van der Waals surface area contributed by atoms with Gasteiger partial charge < -0.3 is 15.4 Å². The van der Waals surface area contributed by atoms with Crippen molar-refractivity contribution in [1.82, 2.24) is 4.90 Å². The Hall–Kier alpha value is -1.06. The standard InChI is InChI=1S/C15H26N2O/c1-10-7-11(2)15(18-6)13(8-10)14(17(4)5)9-12(3)16/h7-8,12,14H,9,16H2,1-6H3. The number of rotatable bonds is 5. The van der Waals surface area contributed by atoms with Crippen LogP contribution >= 0.6 is 0 Å². The van der Waals surface area contributed by atoms with Crippen molar-refractivity contribution in [2.45, 2.75) is 39.3 Å². The second-order valence-electron chi connectivity index (χ2n) is 5.40. The van der Waals surface area contributed by atoms with Crippen LogP contribution in [0.4, 0.5) is 0 Å². The summed E-state index contributed by atoms with van der Waals surface area (Å²) in [4.78, 5) is 2.21. The zero-order valence-corrected chi connectivity index (χ0v) is 12.4. The number of hydrogen-bond acceptors (Lipinski definition) is 3. The van der Waals surface area contributed by atoms with E-state index in [4.69, 9.17) is 10.5 Å². The summed E-state index contributed by atoms with van der Waals surface area (Å²) in [5, 5.41) is 0. The third kappa shape index (κ3) is 3.47. The first-order valence-electron chi connectivity index (χ1n) is 6.44. The number of nitrogens with two attached hydrogens (primary N) is 1. The highest BCUT2D eigenvalue weighted by molar-refractivity contribution is 5.45. The van der Waals surface area contributed by atoms with Gasteiger partial charge in [-0.15, -0.1) is 0 Å². The predicted octanol–water partition coefficient (Wildman–Crippen LogP) is 2.65. The first-order valence-corrected chi connectivity index (χ1v) is 6.44. The molecule has 0 bridgehead atoms. The number of benzene rings is 1. The third-order valence-electron chi connectivity index (χ3n) is 3.23. The van der Waals surface area contributed by atoms with E-state index in [-0.39, 0.29) is 6.04 Å². The van der Waals surface area contributed by atoms with Crippen LogP contribution in [0.1, 0.15) is 36.1 Å². The van der Waals surface area contributed by atoms with Gasteiger partial charge in [-0.05, 0) is 46.9 Å². The molecule has 0 spiro atoms. The Bertz CT molecular complexity index is 400. The van der Waals surface area contributed by atoms with Gasteiger partial charge in [-0.2, -0.15) is 0 Å². The monoisotopic (exact) mass is 250 g/mol. The Kier molecular flexibility index (Phi) is 5.17. The summed E-state index contributed by atoms with van der Waals surface area (Å²) in [6.45, 7) is 6.26. The van der Waals surface area contributed by atoms with E-state index in [0.717, 1.165) is 12.2 Å². The molecule has 3 nitrogen and oxygen atoms in total. The molecule has 102 valence electrons. The molecule has 1 aromatic carbocycles. The van der Waals surface area contributed by atoms with Crippen LogP contribution in [0.2, 0.25) is 0 Å². The fraction of sp³-hybridized carbons (Fsp3) is 0.600. The van der Waals surface area contributed by atoms with E-state index in [1.165, 1.54) is 16.7 Å². The lowest BCUT2D eigenvalue weighted by Crippen LogP contribution is -2.28. The molecular formula is C15H26N2O. The normalized spacial score (nSPS) is 14.7. The van der Waals surface area contributed by atoms with Crippen molar-refractivity contribution in [1.29, 1.82) is 0 Å². The van der Waals surface area contributed by atoms with E-state index in [0.29, 0.717) is 6.04 Å². The van der Waals surface area contributed by atoms with Crippen molar-refractivity contribution in [2.75, 3.05) is 21.2 Å². The summed E-state index contributed by atoms with van der Waals surface area (Å²) in [6, 6.07) is 4.82. The van der Waals surface area contributed by atoms with Crippen molar-refractivity contribution in [3.05, 3.63) is 28.8 Å². The molecule has 18 heavy (non-hydrogen) atoms. The highest BCUT2D eigenvalue weighted by Gasteiger charge is 2.21. The lowest BCUT2D eigenvalue weighted by atomic mass is 9.94. The topological polar surface area (TPSA) is 38.5 Å². The quantitative estimate of drug-likeness (QED) is 0.873. The van der Waals surface area contributed by atoms with Gasteiger partial charge in [0.05, 0.1) is 7.11 Å². The van der Waals surface area contributed by atoms with E-state index in [9.17, 15) is 0 Å². The van der Waals surface area contributed by atoms with Crippen LogP contribution in [-0.2, 0) is 0 Å². The van der Waals surface area contributed by atoms with E-state index in [2.05, 4.69) is 45.0 Å². The number of hydrogen-bond donors (Lipinski definition) is 1. The highest BCUT2D eigenvalue weighted by Crippen LogP contribution is 2.34. The van der Waals surface area contributed by atoms with Gasteiger partial charge >= 0.3 is 0 Å². The first kappa shape index (κ1) is 15.0. The molecule has 0 heterocycles. The number of aryl methyl sites for hydroxylation is 2. The van der Waals surface area contributed by atoms with Gasteiger partial charge in [-0.3, -0.25) is 0 Å². The van der Waals surface area contributed by atoms with Crippen LogP contribution in [0.5, 0.6) is 5.75 Å². The minimum atomic E-state index is 0.169. The van der Waals surface area contributed by atoms with E-state index in [1.807, 2.05) is 6.92 Å². The van der Waals surface area contributed by atoms with Crippen LogP contribution in [0, 0.1) is 13.8 Å². The fourth-order valence-corrected chi connectivity index (χ4v) is 2.48. The van der Waals surface area contributed by atoms with Crippen LogP contribution in [0.25, 0.3) is 0 Å². The van der Waals surface area contributed by atoms with Crippen molar-refractivity contribution in [3.8, 4) is 5.75 Å². The lowest BCUT2D eigenvalue weighted by molar-refractivity contribution is 0.263.